The number of carbonyl (C=O) groups is 1. The maximum absolute atomic E-state index is 11.9. The molecular formula is C17H19NO3. The summed E-state index contributed by atoms with van der Waals surface area (Å²) in [6.45, 7) is 3.87. The average Bonchev–Trinajstić information content (AvgIpc) is 2.44. The van der Waals surface area contributed by atoms with Crippen LogP contribution >= 0.6 is 0 Å². The fraction of sp³-hybridized carbons (Fsp3) is 0.235. The van der Waals surface area contributed by atoms with Crippen molar-refractivity contribution in [1.29, 1.82) is 0 Å². The second-order valence-corrected chi connectivity index (χ2v) is 5.02. The van der Waals surface area contributed by atoms with Gasteiger partial charge >= 0.3 is 0 Å². The maximum Gasteiger partial charge on any atom is 0.262 e. The summed E-state index contributed by atoms with van der Waals surface area (Å²) in [5.41, 5.74) is 3.60. The van der Waals surface area contributed by atoms with Crippen LogP contribution in [0.2, 0.25) is 0 Å². The lowest BCUT2D eigenvalue weighted by Gasteiger charge is -2.09. The molecule has 0 aromatic heterocycles. The number of hydrogen-bond acceptors (Lipinski definition) is 3. The van der Waals surface area contributed by atoms with Crippen molar-refractivity contribution in [1.82, 2.24) is 0 Å². The summed E-state index contributed by atoms with van der Waals surface area (Å²) in [4.78, 5) is 11.9. The number of aliphatic hydroxyl groups excluding tert-OH is 1. The first-order valence-corrected chi connectivity index (χ1v) is 6.77. The van der Waals surface area contributed by atoms with Gasteiger partial charge in [-0.3, -0.25) is 4.79 Å². The molecule has 21 heavy (non-hydrogen) atoms. The van der Waals surface area contributed by atoms with Crippen LogP contribution in [0.15, 0.2) is 42.5 Å². The lowest BCUT2D eigenvalue weighted by Crippen LogP contribution is -2.20. The molecule has 4 heteroatoms. The molecule has 2 aromatic rings. The molecule has 1 amide bonds. The summed E-state index contributed by atoms with van der Waals surface area (Å²) in [6.07, 6.45) is 0. The summed E-state index contributed by atoms with van der Waals surface area (Å²) in [5.74, 6) is 0.455. The summed E-state index contributed by atoms with van der Waals surface area (Å²) < 4.78 is 5.50. The molecule has 0 saturated heterocycles. The van der Waals surface area contributed by atoms with Gasteiger partial charge in [0.2, 0.25) is 0 Å². The van der Waals surface area contributed by atoms with Crippen molar-refractivity contribution < 1.29 is 14.6 Å². The lowest BCUT2D eigenvalue weighted by molar-refractivity contribution is -0.118. The predicted octanol–water partition coefficient (Wildman–Crippen LogP) is 2.81. The van der Waals surface area contributed by atoms with Gasteiger partial charge in [-0.25, -0.2) is 0 Å². The molecule has 0 saturated carbocycles. The molecular weight excluding hydrogens is 266 g/mol. The van der Waals surface area contributed by atoms with Crippen LogP contribution in [0, 0.1) is 13.8 Å². The highest BCUT2D eigenvalue weighted by molar-refractivity contribution is 5.91. The number of hydrogen-bond donors (Lipinski definition) is 2. The largest absolute Gasteiger partial charge is 0.484 e. The Hall–Kier alpha value is -2.33. The third-order valence-corrected chi connectivity index (χ3v) is 2.96. The van der Waals surface area contributed by atoms with Gasteiger partial charge in [-0.2, -0.15) is 0 Å². The minimum Gasteiger partial charge on any atom is -0.484 e. The van der Waals surface area contributed by atoms with E-state index >= 15 is 0 Å². The van der Waals surface area contributed by atoms with Crippen LogP contribution in [0.3, 0.4) is 0 Å². The zero-order valence-electron chi connectivity index (χ0n) is 12.2. The summed E-state index contributed by atoms with van der Waals surface area (Å²) in [5, 5.41) is 11.8. The Morgan fingerprint density at radius 1 is 1.14 bits per heavy atom. The van der Waals surface area contributed by atoms with Crippen LogP contribution in [0.5, 0.6) is 5.75 Å². The molecule has 2 aromatic carbocycles. The fourth-order valence-corrected chi connectivity index (χ4v) is 2.11. The monoisotopic (exact) mass is 285 g/mol. The van der Waals surface area contributed by atoms with Crippen LogP contribution in [-0.2, 0) is 11.4 Å². The number of rotatable bonds is 5. The zero-order chi connectivity index (χ0) is 15.2. The summed E-state index contributed by atoms with van der Waals surface area (Å²) in [6, 6.07) is 12.9. The standard InChI is InChI=1S/C17H19NO3/c1-12-6-13(2)8-16(7-12)21-11-17(20)18-15-5-3-4-14(9-15)10-19/h3-9,19H,10-11H2,1-2H3,(H,18,20). The number of ether oxygens (including phenoxy) is 1. The van der Waals surface area contributed by atoms with Crippen molar-refractivity contribution in [2.24, 2.45) is 0 Å². The number of carbonyl (C=O) groups excluding carboxylic acids is 1. The highest BCUT2D eigenvalue weighted by Gasteiger charge is 2.05. The van der Waals surface area contributed by atoms with Gasteiger partial charge in [-0.1, -0.05) is 18.2 Å². The molecule has 110 valence electrons. The zero-order valence-corrected chi connectivity index (χ0v) is 12.2. The van der Waals surface area contributed by atoms with E-state index in [4.69, 9.17) is 9.84 Å². The van der Waals surface area contributed by atoms with Crippen LogP contribution < -0.4 is 10.1 Å². The average molecular weight is 285 g/mol. The van der Waals surface area contributed by atoms with Gasteiger partial charge < -0.3 is 15.2 Å². The van der Waals surface area contributed by atoms with Crippen LogP contribution in [0.1, 0.15) is 16.7 Å². The first-order chi connectivity index (χ1) is 10.1. The molecule has 0 bridgehead atoms. The molecule has 0 fully saturated rings. The molecule has 0 radical (unpaired) electrons. The normalized spacial score (nSPS) is 10.2. The van der Waals surface area contributed by atoms with Gasteiger partial charge in [-0.15, -0.1) is 0 Å². The number of nitrogens with one attached hydrogen (secondary N) is 1. The van der Waals surface area contributed by atoms with E-state index < -0.39 is 0 Å². The number of aryl methyl sites for hydroxylation is 2. The van der Waals surface area contributed by atoms with Crippen LogP contribution in [-0.4, -0.2) is 17.6 Å². The summed E-state index contributed by atoms with van der Waals surface area (Å²) in [7, 11) is 0. The highest BCUT2D eigenvalue weighted by Crippen LogP contribution is 2.16. The van der Waals surface area contributed by atoms with Gasteiger partial charge in [0.25, 0.3) is 5.91 Å². The number of aliphatic hydroxyl groups is 1. The van der Waals surface area contributed by atoms with Crippen molar-refractivity contribution in [3.05, 3.63) is 59.2 Å². The maximum atomic E-state index is 11.9. The molecule has 0 heterocycles. The first-order valence-electron chi connectivity index (χ1n) is 6.77. The molecule has 4 nitrogen and oxygen atoms in total. The van der Waals surface area contributed by atoms with E-state index in [1.165, 1.54) is 0 Å². The minimum atomic E-state index is -0.232. The van der Waals surface area contributed by atoms with Crippen molar-refractivity contribution in [2.75, 3.05) is 11.9 Å². The predicted molar refractivity (Wildman–Crippen MR) is 82.4 cm³/mol. The highest BCUT2D eigenvalue weighted by atomic mass is 16.5. The Morgan fingerprint density at radius 3 is 2.52 bits per heavy atom. The molecule has 0 spiro atoms. The van der Waals surface area contributed by atoms with E-state index in [0.717, 1.165) is 16.7 Å². The van der Waals surface area contributed by atoms with Crippen molar-refractivity contribution in [3.8, 4) is 5.75 Å². The molecule has 0 aliphatic rings. The van der Waals surface area contributed by atoms with E-state index in [1.807, 2.05) is 32.0 Å². The van der Waals surface area contributed by atoms with E-state index in [0.29, 0.717) is 11.4 Å². The van der Waals surface area contributed by atoms with E-state index in [9.17, 15) is 4.79 Å². The summed E-state index contributed by atoms with van der Waals surface area (Å²) >= 11 is 0. The SMILES string of the molecule is Cc1cc(C)cc(OCC(=O)Nc2cccc(CO)c2)c1. The second-order valence-electron chi connectivity index (χ2n) is 5.02. The van der Waals surface area contributed by atoms with Gasteiger partial charge in [0, 0.05) is 5.69 Å². The van der Waals surface area contributed by atoms with Crippen molar-refractivity contribution >= 4 is 11.6 Å². The smallest absolute Gasteiger partial charge is 0.262 e. The third kappa shape index (κ3) is 4.61. The van der Waals surface area contributed by atoms with E-state index in [-0.39, 0.29) is 19.1 Å². The van der Waals surface area contributed by atoms with Gasteiger partial charge in [0.1, 0.15) is 5.75 Å². The molecule has 0 atom stereocenters. The molecule has 0 unspecified atom stereocenters. The lowest BCUT2D eigenvalue weighted by atomic mass is 10.1. The van der Waals surface area contributed by atoms with Crippen LogP contribution in [0.25, 0.3) is 0 Å². The van der Waals surface area contributed by atoms with Crippen molar-refractivity contribution in [2.45, 2.75) is 20.5 Å². The second kappa shape index (κ2) is 6.90. The Kier molecular flexibility index (Phi) is 4.95. The fourth-order valence-electron chi connectivity index (χ4n) is 2.11. The quantitative estimate of drug-likeness (QED) is 0.888. The van der Waals surface area contributed by atoms with E-state index in [1.54, 1.807) is 24.3 Å². The minimum absolute atomic E-state index is 0.0494. The third-order valence-electron chi connectivity index (χ3n) is 2.96. The number of amides is 1. The van der Waals surface area contributed by atoms with Gasteiger partial charge in [0.05, 0.1) is 6.61 Å². The van der Waals surface area contributed by atoms with Crippen LogP contribution in [0.4, 0.5) is 5.69 Å². The first kappa shape index (κ1) is 15.1. The topological polar surface area (TPSA) is 58.6 Å². The Labute approximate surface area is 124 Å². The van der Waals surface area contributed by atoms with Crippen molar-refractivity contribution in [3.63, 3.8) is 0 Å². The number of anilines is 1. The molecule has 2 rings (SSSR count). The molecule has 2 N–H and O–H groups in total. The Bertz CT molecular complexity index is 617. The Balaban J connectivity index is 1.92. The number of benzene rings is 2. The molecule has 0 aliphatic carbocycles. The van der Waals surface area contributed by atoms with Gasteiger partial charge in [-0.05, 0) is 54.8 Å². The van der Waals surface area contributed by atoms with Gasteiger partial charge in [0.15, 0.2) is 6.61 Å². The van der Waals surface area contributed by atoms with E-state index in [2.05, 4.69) is 5.32 Å². The Morgan fingerprint density at radius 2 is 1.86 bits per heavy atom. The molecule has 0 aliphatic heterocycles.